The van der Waals surface area contributed by atoms with Crippen molar-refractivity contribution in [3.05, 3.63) is 33.9 Å². The van der Waals surface area contributed by atoms with Crippen molar-refractivity contribution < 1.29 is 13.7 Å². The Kier molecular flexibility index (Phi) is 3.19. The number of nitro groups is 1. The van der Waals surface area contributed by atoms with E-state index in [0.29, 0.717) is 12.6 Å². The fraction of sp³-hybridized carbons (Fsp3) is 0.400. The van der Waals surface area contributed by atoms with E-state index in [1.54, 1.807) is 0 Å². The molecule has 1 fully saturated rings. The van der Waals surface area contributed by atoms with Gasteiger partial charge in [-0.25, -0.2) is 4.39 Å². The highest BCUT2D eigenvalue weighted by molar-refractivity contribution is 5.53. The van der Waals surface area contributed by atoms with Crippen LogP contribution in [0.1, 0.15) is 6.42 Å². The van der Waals surface area contributed by atoms with E-state index in [1.807, 2.05) is 0 Å². The molecule has 1 saturated heterocycles. The zero-order chi connectivity index (χ0) is 12.4. The Morgan fingerprint density at radius 3 is 2.76 bits per heavy atom. The summed E-state index contributed by atoms with van der Waals surface area (Å²) >= 11 is 0. The number of hydrogen-bond donors (Lipinski definition) is 2. The second-order valence-corrected chi connectivity index (χ2v) is 3.87. The van der Waals surface area contributed by atoms with E-state index in [1.165, 1.54) is 0 Å². The van der Waals surface area contributed by atoms with Crippen molar-refractivity contribution in [2.45, 2.75) is 12.5 Å². The van der Waals surface area contributed by atoms with Crippen molar-refractivity contribution in [2.24, 2.45) is 0 Å². The van der Waals surface area contributed by atoms with Gasteiger partial charge in [-0.2, -0.15) is 4.39 Å². The molecule has 1 unspecified atom stereocenters. The van der Waals surface area contributed by atoms with Crippen molar-refractivity contribution in [1.29, 1.82) is 0 Å². The Balaban J connectivity index is 2.26. The molecule has 92 valence electrons. The highest BCUT2D eigenvalue weighted by atomic mass is 19.1. The molecule has 1 heterocycles. The molecule has 0 aliphatic carbocycles. The van der Waals surface area contributed by atoms with Crippen LogP contribution in [0.2, 0.25) is 0 Å². The van der Waals surface area contributed by atoms with Crippen LogP contribution in [-0.4, -0.2) is 24.1 Å². The third kappa shape index (κ3) is 2.50. The normalized spacial score (nSPS) is 19.3. The minimum atomic E-state index is -1.16. The predicted molar refractivity (Wildman–Crippen MR) is 57.9 cm³/mol. The largest absolute Gasteiger partial charge is 0.378 e. The molecule has 0 saturated carbocycles. The molecule has 0 aromatic heterocycles. The van der Waals surface area contributed by atoms with Crippen LogP contribution in [0.3, 0.4) is 0 Å². The van der Waals surface area contributed by atoms with Crippen LogP contribution in [0, 0.1) is 21.7 Å². The summed E-state index contributed by atoms with van der Waals surface area (Å²) in [5.74, 6) is -1.98. The number of nitrogens with zero attached hydrogens (tertiary/aromatic N) is 1. The number of nitro benzene ring substituents is 1. The molecule has 1 aliphatic rings. The van der Waals surface area contributed by atoms with E-state index in [4.69, 9.17) is 0 Å². The summed E-state index contributed by atoms with van der Waals surface area (Å²) in [6.07, 6.45) is 0.796. The molecule has 1 atom stereocenters. The number of anilines is 1. The first-order chi connectivity index (χ1) is 8.08. The lowest BCUT2D eigenvalue weighted by molar-refractivity contribution is -0.387. The van der Waals surface area contributed by atoms with Crippen LogP contribution in [0.25, 0.3) is 0 Å². The standard InChI is InChI=1S/C10H11F2N3O2/c11-7-3-8(12)10(15(16)17)4-9(7)14-6-1-2-13-5-6/h3-4,6,13-14H,1-2,5H2. The van der Waals surface area contributed by atoms with Crippen LogP contribution >= 0.6 is 0 Å². The van der Waals surface area contributed by atoms with Gasteiger partial charge in [-0.1, -0.05) is 0 Å². The van der Waals surface area contributed by atoms with Crippen LogP contribution in [-0.2, 0) is 0 Å². The van der Waals surface area contributed by atoms with E-state index in [-0.39, 0.29) is 11.7 Å². The summed E-state index contributed by atoms with van der Waals surface area (Å²) in [6, 6.07) is 1.43. The molecular weight excluding hydrogens is 232 g/mol. The van der Waals surface area contributed by atoms with Crippen molar-refractivity contribution in [1.82, 2.24) is 5.32 Å². The van der Waals surface area contributed by atoms with Crippen molar-refractivity contribution >= 4 is 11.4 Å². The zero-order valence-corrected chi connectivity index (χ0v) is 8.87. The van der Waals surface area contributed by atoms with Gasteiger partial charge in [0.15, 0.2) is 0 Å². The second kappa shape index (κ2) is 4.62. The SMILES string of the molecule is O=[N+]([O-])c1cc(NC2CCNC2)c(F)cc1F. The quantitative estimate of drug-likeness (QED) is 0.625. The molecule has 17 heavy (non-hydrogen) atoms. The van der Waals surface area contributed by atoms with Crippen molar-refractivity contribution in [3.8, 4) is 0 Å². The maximum atomic E-state index is 13.4. The molecule has 5 nitrogen and oxygen atoms in total. The highest BCUT2D eigenvalue weighted by Crippen LogP contribution is 2.26. The molecule has 1 aromatic carbocycles. The Morgan fingerprint density at radius 2 is 2.18 bits per heavy atom. The van der Waals surface area contributed by atoms with Gasteiger partial charge in [0.25, 0.3) is 0 Å². The summed E-state index contributed by atoms with van der Waals surface area (Å²) in [4.78, 5) is 9.66. The predicted octanol–water partition coefficient (Wildman–Crippen LogP) is 1.65. The van der Waals surface area contributed by atoms with Crippen molar-refractivity contribution in [2.75, 3.05) is 18.4 Å². The van der Waals surface area contributed by atoms with Crippen LogP contribution in [0.15, 0.2) is 12.1 Å². The number of rotatable bonds is 3. The summed E-state index contributed by atoms with van der Waals surface area (Å²) in [5.41, 5.74) is -0.758. The van der Waals surface area contributed by atoms with Gasteiger partial charge in [-0.3, -0.25) is 10.1 Å². The number of nitrogens with one attached hydrogen (secondary N) is 2. The topological polar surface area (TPSA) is 67.2 Å². The van der Waals surface area contributed by atoms with Crippen LogP contribution in [0.4, 0.5) is 20.2 Å². The maximum Gasteiger partial charge on any atom is 0.307 e. The van der Waals surface area contributed by atoms with Gasteiger partial charge in [0, 0.05) is 24.7 Å². The molecule has 2 rings (SSSR count). The van der Waals surface area contributed by atoms with Crippen LogP contribution in [0.5, 0.6) is 0 Å². The Hall–Kier alpha value is -1.76. The summed E-state index contributed by atoms with van der Waals surface area (Å²) in [7, 11) is 0. The minimum Gasteiger partial charge on any atom is -0.378 e. The minimum absolute atomic E-state index is 0.00886. The van der Waals surface area contributed by atoms with Gasteiger partial charge in [0.2, 0.25) is 5.82 Å². The fourth-order valence-corrected chi connectivity index (χ4v) is 1.79. The zero-order valence-electron chi connectivity index (χ0n) is 8.87. The summed E-state index contributed by atoms with van der Waals surface area (Å²) in [6.45, 7) is 1.47. The van der Waals surface area contributed by atoms with Gasteiger partial charge in [-0.15, -0.1) is 0 Å². The lowest BCUT2D eigenvalue weighted by Gasteiger charge is -2.13. The first-order valence-electron chi connectivity index (χ1n) is 5.18. The van der Waals surface area contributed by atoms with Gasteiger partial charge in [-0.05, 0) is 13.0 Å². The Labute approximate surface area is 96.0 Å². The maximum absolute atomic E-state index is 13.4. The van der Waals surface area contributed by atoms with Gasteiger partial charge < -0.3 is 10.6 Å². The Morgan fingerprint density at radius 1 is 1.41 bits per heavy atom. The van der Waals surface area contributed by atoms with E-state index in [9.17, 15) is 18.9 Å². The average molecular weight is 243 g/mol. The Bertz CT molecular complexity index is 447. The average Bonchev–Trinajstić information content (AvgIpc) is 2.74. The third-order valence-corrected chi connectivity index (χ3v) is 2.65. The molecular formula is C10H11F2N3O2. The molecule has 0 amide bonds. The van der Waals surface area contributed by atoms with E-state index in [2.05, 4.69) is 10.6 Å². The van der Waals surface area contributed by atoms with E-state index in [0.717, 1.165) is 19.0 Å². The number of halogens is 2. The molecule has 1 aromatic rings. The highest BCUT2D eigenvalue weighted by Gasteiger charge is 2.21. The molecule has 0 radical (unpaired) electrons. The summed E-state index contributed by atoms with van der Waals surface area (Å²) < 4.78 is 26.5. The molecule has 0 spiro atoms. The second-order valence-electron chi connectivity index (χ2n) is 3.87. The molecule has 0 bridgehead atoms. The monoisotopic (exact) mass is 243 g/mol. The first-order valence-corrected chi connectivity index (χ1v) is 5.18. The van der Waals surface area contributed by atoms with E-state index < -0.39 is 22.2 Å². The number of benzene rings is 1. The lowest BCUT2D eigenvalue weighted by atomic mass is 10.2. The third-order valence-electron chi connectivity index (χ3n) is 2.65. The van der Waals surface area contributed by atoms with E-state index >= 15 is 0 Å². The summed E-state index contributed by atoms with van der Waals surface area (Å²) in [5, 5.41) is 16.4. The smallest absolute Gasteiger partial charge is 0.307 e. The van der Waals surface area contributed by atoms with Gasteiger partial charge >= 0.3 is 5.69 Å². The fourth-order valence-electron chi connectivity index (χ4n) is 1.79. The van der Waals surface area contributed by atoms with Crippen molar-refractivity contribution in [3.63, 3.8) is 0 Å². The molecule has 7 heteroatoms. The van der Waals surface area contributed by atoms with Gasteiger partial charge in [0.1, 0.15) is 5.82 Å². The number of hydrogen-bond acceptors (Lipinski definition) is 4. The van der Waals surface area contributed by atoms with Gasteiger partial charge in [0.05, 0.1) is 10.6 Å². The molecule has 2 N–H and O–H groups in total. The lowest BCUT2D eigenvalue weighted by Crippen LogP contribution is -2.22. The van der Waals surface area contributed by atoms with Crippen LogP contribution < -0.4 is 10.6 Å². The molecule has 1 aliphatic heterocycles. The first kappa shape index (κ1) is 11.7.